The van der Waals surface area contributed by atoms with Gasteiger partial charge in [-0.15, -0.1) is 0 Å². The minimum Gasteiger partial charge on any atom is -0.494 e. The van der Waals surface area contributed by atoms with E-state index in [0.717, 1.165) is 11.3 Å². The molecule has 3 nitrogen and oxygen atoms in total. The number of nitrogens with zero attached hydrogens (tertiary/aromatic N) is 1. The Bertz CT molecular complexity index is 516. The molecule has 1 N–H and O–H groups in total. The molecule has 1 unspecified atom stereocenters. The van der Waals surface area contributed by atoms with Crippen molar-refractivity contribution in [1.82, 2.24) is 4.98 Å². The molecule has 0 saturated heterocycles. The Morgan fingerprint density at radius 3 is 2.61 bits per heavy atom. The molecule has 2 rings (SSSR count). The second kappa shape index (κ2) is 5.49. The van der Waals surface area contributed by atoms with Crippen molar-refractivity contribution in [3.05, 3.63) is 54.1 Å². The number of benzene rings is 1. The Morgan fingerprint density at radius 1 is 1.22 bits per heavy atom. The molecule has 2 aromatic rings. The van der Waals surface area contributed by atoms with Crippen LogP contribution in [0.3, 0.4) is 0 Å². The van der Waals surface area contributed by atoms with Crippen LogP contribution in [0.4, 0.5) is 10.1 Å². The van der Waals surface area contributed by atoms with Crippen molar-refractivity contribution in [2.45, 2.75) is 13.0 Å². The molecule has 0 aliphatic rings. The summed E-state index contributed by atoms with van der Waals surface area (Å²) in [7, 11) is 1.45. The fourth-order valence-electron chi connectivity index (χ4n) is 1.74. The van der Waals surface area contributed by atoms with Crippen LogP contribution < -0.4 is 10.1 Å². The first-order chi connectivity index (χ1) is 8.70. The van der Waals surface area contributed by atoms with Gasteiger partial charge in [-0.1, -0.05) is 0 Å². The highest BCUT2D eigenvalue weighted by Crippen LogP contribution is 2.24. The normalized spacial score (nSPS) is 11.9. The van der Waals surface area contributed by atoms with Gasteiger partial charge in [0.25, 0.3) is 0 Å². The van der Waals surface area contributed by atoms with Gasteiger partial charge in [-0.2, -0.15) is 0 Å². The van der Waals surface area contributed by atoms with Gasteiger partial charge in [-0.25, -0.2) is 4.39 Å². The van der Waals surface area contributed by atoms with Crippen molar-refractivity contribution in [2.75, 3.05) is 12.4 Å². The molecule has 1 aromatic carbocycles. The number of hydrogen-bond donors (Lipinski definition) is 1. The van der Waals surface area contributed by atoms with E-state index in [0.29, 0.717) is 0 Å². The van der Waals surface area contributed by atoms with Crippen LogP contribution in [0.5, 0.6) is 5.75 Å². The van der Waals surface area contributed by atoms with E-state index in [2.05, 4.69) is 10.3 Å². The second-order valence-electron chi connectivity index (χ2n) is 4.00. The third-order valence-electron chi connectivity index (χ3n) is 2.74. The van der Waals surface area contributed by atoms with E-state index < -0.39 is 0 Å². The third-order valence-corrected chi connectivity index (χ3v) is 2.74. The Balaban J connectivity index is 2.14. The summed E-state index contributed by atoms with van der Waals surface area (Å²) in [5.41, 5.74) is 1.94. The Hall–Kier alpha value is -2.10. The van der Waals surface area contributed by atoms with Crippen LogP contribution >= 0.6 is 0 Å². The molecule has 0 amide bonds. The fraction of sp³-hybridized carbons (Fsp3) is 0.214. The van der Waals surface area contributed by atoms with E-state index >= 15 is 0 Å². The molecule has 0 aliphatic heterocycles. The SMILES string of the molecule is COc1cc(NC(C)c2ccncc2)ccc1F. The van der Waals surface area contributed by atoms with Crippen molar-refractivity contribution < 1.29 is 9.13 Å². The van der Waals surface area contributed by atoms with Crippen LogP contribution in [0.25, 0.3) is 0 Å². The number of hydrogen-bond acceptors (Lipinski definition) is 3. The summed E-state index contributed by atoms with van der Waals surface area (Å²) in [5.74, 6) is -0.124. The van der Waals surface area contributed by atoms with Crippen LogP contribution in [0, 0.1) is 5.82 Å². The molecule has 1 heterocycles. The van der Waals surface area contributed by atoms with Crippen LogP contribution in [0.2, 0.25) is 0 Å². The monoisotopic (exact) mass is 246 g/mol. The second-order valence-corrected chi connectivity index (χ2v) is 4.00. The standard InChI is InChI=1S/C14H15FN2O/c1-10(11-5-7-16-8-6-11)17-12-3-4-13(15)14(9-12)18-2/h3-10,17H,1-2H3. The first-order valence-corrected chi connectivity index (χ1v) is 5.70. The largest absolute Gasteiger partial charge is 0.494 e. The molecule has 18 heavy (non-hydrogen) atoms. The average molecular weight is 246 g/mol. The zero-order valence-electron chi connectivity index (χ0n) is 10.4. The van der Waals surface area contributed by atoms with Crippen molar-refractivity contribution in [3.8, 4) is 5.75 Å². The predicted molar refractivity (Wildman–Crippen MR) is 69.2 cm³/mol. The van der Waals surface area contributed by atoms with Gasteiger partial charge in [-0.05, 0) is 36.8 Å². The van der Waals surface area contributed by atoms with Crippen molar-refractivity contribution >= 4 is 5.69 Å². The van der Waals surface area contributed by atoms with E-state index in [-0.39, 0.29) is 17.6 Å². The smallest absolute Gasteiger partial charge is 0.165 e. The van der Waals surface area contributed by atoms with Crippen LogP contribution in [0.1, 0.15) is 18.5 Å². The number of aromatic nitrogens is 1. The highest BCUT2D eigenvalue weighted by Gasteiger charge is 2.07. The Morgan fingerprint density at radius 2 is 1.94 bits per heavy atom. The van der Waals surface area contributed by atoms with E-state index in [1.54, 1.807) is 24.5 Å². The molecule has 0 saturated carbocycles. The number of anilines is 1. The molecule has 0 radical (unpaired) electrons. The summed E-state index contributed by atoms with van der Waals surface area (Å²) in [5, 5.41) is 3.29. The lowest BCUT2D eigenvalue weighted by Gasteiger charge is -2.16. The van der Waals surface area contributed by atoms with E-state index in [1.807, 2.05) is 19.1 Å². The minimum atomic E-state index is -0.361. The molecule has 94 valence electrons. The summed E-state index contributed by atoms with van der Waals surface area (Å²) < 4.78 is 18.2. The Labute approximate surface area is 106 Å². The van der Waals surface area contributed by atoms with Crippen LogP contribution in [-0.4, -0.2) is 12.1 Å². The van der Waals surface area contributed by atoms with Gasteiger partial charge in [0, 0.05) is 30.2 Å². The van der Waals surface area contributed by atoms with Crippen molar-refractivity contribution in [3.63, 3.8) is 0 Å². The summed E-state index contributed by atoms with van der Waals surface area (Å²) >= 11 is 0. The zero-order chi connectivity index (χ0) is 13.0. The number of halogens is 1. The molecule has 0 fully saturated rings. The van der Waals surface area contributed by atoms with E-state index in [9.17, 15) is 4.39 Å². The van der Waals surface area contributed by atoms with Gasteiger partial charge in [0.05, 0.1) is 7.11 Å². The Kier molecular flexibility index (Phi) is 3.77. The molecule has 0 spiro atoms. The summed E-state index contributed by atoms with van der Waals surface area (Å²) in [6.07, 6.45) is 3.50. The maximum atomic E-state index is 13.3. The van der Waals surface area contributed by atoms with Gasteiger partial charge >= 0.3 is 0 Å². The lowest BCUT2D eigenvalue weighted by Crippen LogP contribution is -2.06. The lowest BCUT2D eigenvalue weighted by atomic mass is 10.1. The minimum absolute atomic E-state index is 0.114. The van der Waals surface area contributed by atoms with Crippen LogP contribution in [0.15, 0.2) is 42.7 Å². The summed E-state index contributed by atoms with van der Waals surface area (Å²) in [4.78, 5) is 3.98. The number of rotatable bonds is 4. The van der Waals surface area contributed by atoms with Crippen molar-refractivity contribution in [2.24, 2.45) is 0 Å². The first kappa shape index (κ1) is 12.4. The average Bonchev–Trinajstić information content (AvgIpc) is 2.42. The fourth-order valence-corrected chi connectivity index (χ4v) is 1.74. The van der Waals surface area contributed by atoms with E-state index in [4.69, 9.17) is 4.74 Å². The number of ether oxygens (including phenoxy) is 1. The maximum absolute atomic E-state index is 13.3. The summed E-state index contributed by atoms with van der Waals surface area (Å²) in [6, 6.07) is 8.73. The highest BCUT2D eigenvalue weighted by molar-refractivity contribution is 5.50. The summed E-state index contributed by atoms with van der Waals surface area (Å²) in [6.45, 7) is 2.03. The molecular formula is C14H15FN2O. The molecule has 4 heteroatoms. The van der Waals surface area contributed by atoms with Gasteiger partial charge in [0.2, 0.25) is 0 Å². The highest BCUT2D eigenvalue weighted by atomic mass is 19.1. The molecular weight excluding hydrogens is 231 g/mol. The molecule has 0 bridgehead atoms. The topological polar surface area (TPSA) is 34.1 Å². The van der Waals surface area contributed by atoms with Gasteiger partial charge < -0.3 is 10.1 Å². The molecule has 1 aromatic heterocycles. The lowest BCUT2D eigenvalue weighted by molar-refractivity contribution is 0.387. The predicted octanol–water partition coefficient (Wildman–Crippen LogP) is 3.40. The number of pyridine rings is 1. The first-order valence-electron chi connectivity index (χ1n) is 5.70. The van der Waals surface area contributed by atoms with E-state index in [1.165, 1.54) is 13.2 Å². The zero-order valence-corrected chi connectivity index (χ0v) is 10.4. The molecule has 0 aliphatic carbocycles. The number of methoxy groups -OCH3 is 1. The van der Waals surface area contributed by atoms with Gasteiger partial charge in [0.1, 0.15) is 0 Å². The van der Waals surface area contributed by atoms with Crippen LogP contribution in [-0.2, 0) is 0 Å². The van der Waals surface area contributed by atoms with Gasteiger partial charge in [-0.3, -0.25) is 4.98 Å². The maximum Gasteiger partial charge on any atom is 0.165 e. The number of nitrogens with one attached hydrogen (secondary N) is 1. The third kappa shape index (κ3) is 2.77. The molecule has 1 atom stereocenters. The van der Waals surface area contributed by atoms with Gasteiger partial charge in [0.15, 0.2) is 11.6 Å². The van der Waals surface area contributed by atoms with Crippen molar-refractivity contribution in [1.29, 1.82) is 0 Å². The quantitative estimate of drug-likeness (QED) is 0.897.